The van der Waals surface area contributed by atoms with Gasteiger partial charge in [-0.15, -0.1) is 0 Å². The Labute approximate surface area is 450 Å². The lowest BCUT2D eigenvalue weighted by molar-refractivity contribution is 0.0519. The van der Waals surface area contributed by atoms with E-state index in [1.54, 1.807) is 12.1 Å². The number of aliphatic imine (C=N–C) groups is 2. The lowest BCUT2D eigenvalue weighted by Crippen LogP contribution is -2.42. The molecule has 372 valence electrons. The van der Waals surface area contributed by atoms with Gasteiger partial charge in [0, 0.05) is 51.5 Å². The van der Waals surface area contributed by atoms with E-state index in [1.807, 2.05) is 103 Å². The number of nitrogens with zero attached hydrogens (tertiary/aromatic N) is 2. The number of hydrogen-bond donors (Lipinski definition) is 3. The summed E-state index contributed by atoms with van der Waals surface area (Å²) in [6.45, 7) is 3.05. The summed E-state index contributed by atoms with van der Waals surface area (Å²) in [5, 5.41) is 35.9. The molecule has 0 radical (unpaired) electrons. The molecular formula is C65H52Cl3N3O4. The first-order valence-electron chi connectivity index (χ1n) is 25.2. The van der Waals surface area contributed by atoms with Crippen LogP contribution < -0.4 is 5.32 Å². The predicted octanol–water partition coefficient (Wildman–Crippen LogP) is 17.9. The van der Waals surface area contributed by atoms with Crippen LogP contribution in [0.2, 0.25) is 0 Å². The first kappa shape index (κ1) is 49.5. The van der Waals surface area contributed by atoms with Gasteiger partial charge in [0.05, 0.1) is 12.1 Å². The summed E-state index contributed by atoms with van der Waals surface area (Å²) in [7, 11) is 0. The van der Waals surface area contributed by atoms with E-state index >= 15 is 0 Å². The highest BCUT2D eigenvalue weighted by Gasteiger charge is 2.44. The minimum atomic E-state index is -1.84. The van der Waals surface area contributed by atoms with Crippen molar-refractivity contribution < 1.29 is 19.7 Å². The number of halogens is 3. The van der Waals surface area contributed by atoms with Gasteiger partial charge < -0.3 is 14.9 Å². The molecule has 10 aromatic rings. The summed E-state index contributed by atoms with van der Waals surface area (Å²) >= 11 is 18.2. The highest BCUT2D eigenvalue weighted by atomic mass is 35.6. The first-order chi connectivity index (χ1) is 36.3. The van der Waals surface area contributed by atoms with Gasteiger partial charge in [-0.2, -0.15) is 0 Å². The largest absolute Gasteiger partial charge is 0.507 e. The van der Waals surface area contributed by atoms with Gasteiger partial charge in [-0.3, -0.25) is 15.3 Å². The summed E-state index contributed by atoms with van der Waals surface area (Å²) in [5.74, 6) is 0.291. The van der Waals surface area contributed by atoms with E-state index in [0.717, 1.165) is 108 Å². The molecule has 3 N–H and O–H groups in total. The van der Waals surface area contributed by atoms with Crippen LogP contribution in [0.1, 0.15) is 50.7 Å². The van der Waals surface area contributed by atoms with Gasteiger partial charge in [0.15, 0.2) is 5.60 Å². The minimum absolute atomic E-state index is 0.112. The number of alkyl halides is 3. The molecule has 10 heteroatoms. The number of carbonyl (C=O) groups is 1. The van der Waals surface area contributed by atoms with Gasteiger partial charge in [-0.05, 0) is 116 Å². The second kappa shape index (κ2) is 20.6. The zero-order valence-electron chi connectivity index (χ0n) is 41.3. The maximum absolute atomic E-state index is 12.9. The van der Waals surface area contributed by atoms with Crippen LogP contribution in [0.15, 0.2) is 198 Å². The predicted molar refractivity (Wildman–Crippen MR) is 314 cm³/mol. The van der Waals surface area contributed by atoms with Gasteiger partial charge in [-0.1, -0.05) is 211 Å². The lowest BCUT2D eigenvalue weighted by Gasteiger charge is -2.31. The van der Waals surface area contributed by atoms with Crippen LogP contribution in [-0.4, -0.2) is 50.2 Å². The number of nitrogens with one attached hydrogen (secondary N) is 1. The third kappa shape index (κ3) is 9.80. The van der Waals surface area contributed by atoms with Crippen molar-refractivity contribution in [3.63, 3.8) is 0 Å². The highest BCUT2D eigenvalue weighted by molar-refractivity contribution is 6.68. The molecule has 0 bridgehead atoms. The van der Waals surface area contributed by atoms with E-state index in [2.05, 4.69) is 90.2 Å². The smallest absolute Gasteiger partial charge is 0.412 e. The highest BCUT2D eigenvalue weighted by Crippen LogP contribution is 2.49. The molecular weight excluding hydrogens is 993 g/mol. The molecule has 2 atom stereocenters. The van der Waals surface area contributed by atoms with Crippen molar-refractivity contribution in [2.45, 2.75) is 61.0 Å². The Morgan fingerprint density at radius 3 is 1.37 bits per heavy atom. The van der Waals surface area contributed by atoms with Crippen molar-refractivity contribution in [3.8, 4) is 56.0 Å². The molecule has 1 fully saturated rings. The van der Waals surface area contributed by atoms with Crippen LogP contribution in [0, 0.1) is 0 Å². The Bertz CT molecular complexity index is 3870. The number of benzene rings is 10. The third-order valence-corrected chi connectivity index (χ3v) is 15.9. The van der Waals surface area contributed by atoms with Crippen LogP contribution in [0.5, 0.6) is 11.5 Å². The molecule has 0 saturated heterocycles. The Morgan fingerprint density at radius 1 is 0.520 bits per heavy atom. The second-order valence-corrected chi connectivity index (χ2v) is 22.0. The average molecular weight is 1050 g/mol. The maximum Gasteiger partial charge on any atom is 0.412 e. The number of fused-ring (bicyclic) bond motifs is 4. The van der Waals surface area contributed by atoms with E-state index in [1.165, 1.54) is 13.8 Å². The van der Waals surface area contributed by atoms with E-state index in [0.29, 0.717) is 22.4 Å². The molecule has 1 saturated carbocycles. The molecule has 7 nitrogen and oxygen atoms in total. The van der Waals surface area contributed by atoms with E-state index in [9.17, 15) is 15.0 Å². The molecule has 0 aromatic heterocycles. The van der Waals surface area contributed by atoms with Gasteiger partial charge in [0.1, 0.15) is 11.5 Å². The zero-order valence-corrected chi connectivity index (χ0v) is 43.5. The van der Waals surface area contributed by atoms with Crippen LogP contribution in [0.4, 0.5) is 10.5 Å². The van der Waals surface area contributed by atoms with Gasteiger partial charge in [0.25, 0.3) is 0 Å². The number of ether oxygens (including phenoxy) is 1. The fourth-order valence-electron chi connectivity index (χ4n) is 10.6. The number of anilines is 1. The Balaban J connectivity index is 0.957. The number of rotatable bonds is 10. The summed E-state index contributed by atoms with van der Waals surface area (Å²) in [6.07, 6.45) is 6.55. The van der Waals surface area contributed by atoms with Gasteiger partial charge in [0.2, 0.25) is 3.79 Å². The van der Waals surface area contributed by atoms with Gasteiger partial charge in [-0.25, -0.2) is 4.79 Å². The van der Waals surface area contributed by atoms with E-state index in [-0.39, 0.29) is 23.6 Å². The van der Waals surface area contributed by atoms with Crippen molar-refractivity contribution in [2.24, 2.45) is 9.98 Å². The summed E-state index contributed by atoms with van der Waals surface area (Å²) in [5.41, 5.74) is 7.46. The topological polar surface area (TPSA) is 104 Å². The monoisotopic (exact) mass is 1040 g/mol. The molecule has 11 rings (SSSR count). The van der Waals surface area contributed by atoms with Crippen LogP contribution in [0.3, 0.4) is 0 Å². The SMILES string of the molecule is CC(C)(OC(=O)Nc1ccc(-c2ccc3ccccc3c2-c2c(O)c(C=N[C@@H]3CCCC[C@H]3N=Cc3cc4ccccc4c(-c4c(-c5ccccc5)ccc5ccccc45)c3O)cc3ccccc23)cc1)C(Cl)(Cl)Cl. The third-order valence-electron chi connectivity index (χ3n) is 14.5. The molecule has 0 spiro atoms. The Kier molecular flexibility index (Phi) is 13.6. The fourth-order valence-corrected chi connectivity index (χ4v) is 10.7. The first-order valence-corrected chi connectivity index (χ1v) is 26.3. The zero-order chi connectivity index (χ0) is 51.8. The number of amides is 1. The van der Waals surface area contributed by atoms with Crippen molar-refractivity contribution in [1.82, 2.24) is 0 Å². The number of aromatic hydroxyl groups is 2. The Morgan fingerprint density at radius 2 is 0.920 bits per heavy atom. The van der Waals surface area contributed by atoms with Crippen LogP contribution >= 0.6 is 34.8 Å². The standard InChI is InChI=1S/C65H52Cl3N3O4/c1-64(2,65(66,67)68)75-63(74)71-48-32-28-43(29-33-48)54-35-31-42-19-7-11-23-50(42)58(54)60-52-25-13-9-21-45(52)37-47(62(60)73)39-70-56-27-15-14-26-55(56)69-38-46-36-44-20-8-12-24-51(44)59(61(46)72)57-49-22-10-6-18-41(49)30-34-53(57)40-16-4-3-5-17-40/h3-13,16-25,28-39,55-56,72-73H,14-15,26-27H2,1-2H3,(H,71,74)/t55-,56-/m1/s1. The maximum atomic E-state index is 12.9. The molecule has 0 heterocycles. The quantitative estimate of drug-likeness (QED) is 0.0938. The minimum Gasteiger partial charge on any atom is -0.507 e. The normalized spacial score (nSPS) is 15.4. The average Bonchev–Trinajstić information content (AvgIpc) is 3.42. The number of phenols is 2. The fraction of sp³-hybridized carbons (Fsp3) is 0.154. The van der Waals surface area contributed by atoms with Crippen molar-refractivity contribution >= 4 is 102 Å². The molecule has 1 aliphatic carbocycles. The van der Waals surface area contributed by atoms with E-state index in [4.69, 9.17) is 49.5 Å². The van der Waals surface area contributed by atoms with Crippen LogP contribution in [0.25, 0.3) is 87.6 Å². The molecule has 1 aliphatic rings. The summed E-state index contributed by atoms with van der Waals surface area (Å²) < 4.78 is 3.63. The van der Waals surface area contributed by atoms with E-state index < -0.39 is 15.5 Å². The molecule has 1 amide bonds. The van der Waals surface area contributed by atoms with Crippen molar-refractivity contribution in [2.75, 3.05) is 5.32 Å². The molecule has 75 heavy (non-hydrogen) atoms. The molecule has 10 aromatic carbocycles. The summed E-state index contributed by atoms with van der Waals surface area (Å²) in [6, 6.07) is 62.7. The number of hydrogen-bond acceptors (Lipinski definition) is 6. The van der Waals surface area contributed by atoms with Gasteiger partial charge >= 0.3 is 6.09 Å². The lowest BCUT2D eigenvalue weighted by atomic mass is 9.86. The van der Waals surface area contributed by atoms with Crippen molar-refractivity contribution in [3.05, 3.63) is 199 Å². The number of phenolic OH excluding ortho intramolecular Hbond substituents is 2. The second-order valence-electron chi connectivity index (χ2n) is 19.7. The Hall–Kier alpha value is -7.68. The summed E-state index contributed by atoms with van der Waals surface area (Å²) in [4.78, 5) is 23.4. The number of carbonyl (C=O) groups excluding carboxylic acids is 1. The van der Waals surface area contributed by atoms with Crippen LogP contribution in [-0.2, 0) is 4.74 Å². The van der Waals surface area contributed by atoms with Crippen molar-refractivity contribution in [1.29, 1.82) is 0 Å². The molecule has 0 unspecified atom stereocenters. The molecule has 0 aliphatic heterocycles.